The predicted molar refractivity (Wildman–Crippen MR) is 114 cm³/mol. The SMILES string of the molecule is O=C(CCCNC(=O)c1ccc(Cl)cc1)Nc1ccccc1N1CCCCC1. The Morgan fingerprint density at radius 3 is 2.43 bits per heavy atom. The van der Waals surface area contributed by atoms with Crippen LogP contribution in [0, 0.1) is 0 Å². The minimum absolute atomic E-state index is 0.0369. The maximum Gasteiger partial charge on any atom is 0.251 e. The Balaban J connectivity index is 1.44. The predicted octanol–water partition coefficient (Wildman–Crippen LogP) is 4.48. The molecule has 2 N–H and O–H groups in total. The van der Waals surface area contributed by atoms with Crippen LogP contribution in [-0.4, -0.2) is 31.4 Å². The molecule has 1 fully saturated rings. The van der Waals surface area contributed by atoms with Crippen molar-refractivity contribution in [3.05, 3.63) is 59.1 Å². The first-order chi connectivity index (χ1) is 13.6. The van der Waals surface area contributed by atoms with Gasteiger partial charge < -0.3 is 15.5 Å². The van der Waals surface area contributed by atoms with Crippen molar-refractivity contribution in [1.29, 1.82) is 0 Å². The normalized spacial score (nSPS) is 13.8. The number of halogens is 1. The number of para-hydroxylation sites is 2. The van der Waals surface area contributed by atoms with Gasteiger partial charge in [-0.2, -0.15) is 0 Å². The van der Waals surface area contributed by atoms with Crippen molar-refractivity contribution < 1.29 is 9.59 Å². The Morgan fingerprint density at radius 2 is 1.68 bits per heavy atom. The van der Waals surface area contributed by atoms with Gasteiger partial charge in [-0.05, 0) is 62.1 Å². The van der Waals surface area contributed by atoms with Crippen LogP contribution in [0.15, 0.2) is 48.5 Å². The lowest BCUT2D eigenvalue weighted by Crippen LogP contribution is -2.30. The summed E-state index contributed by atoms with van der Waals surface area (Å²) in [5, 5.41) is 6.45. The second-order valence-electron chi connectivity index (χ2n) is 6.98. The molecular weight excluding hydrogens is 374 g/mol. The van der Waals surface area contributed by atoms with E-state index in [2.05, 4.69) is 21.6 Å². The lowest BCUT2D eigenvalue weighted by Gasteiger charge is -2.30. The zero-order valence-corrected chi connectivity index (χ0v) is 16.7. The van der Waals surface area contributed by atoms with Gasteiger partial charge in [0.2, 0.25) is 5.91 Å². The fourth-order valence-corrected chi connectivity index (χ4v) is 3.48. The summed E-state index contributed by atoms with van der Waals surface area (Å²) in [4.78, 5) is 26.7. The van der Waals surface area contributed by atoms with Gasteiger partial charge >= 0.3 is 0 Å². The molecule has 5 nitrogen and oxygen atoms in total. The van der Waals surface area contributed by atoms with Gasteiger partial charge in [0.15, 0.2) is 0 Å². The monoisotopic (exact) mass is 399 g/mol. The first-order valence-electron chi connectivity index (χ1n) is 9.81. The summed E-state index contributed by atoms with van der Waals surface area (Å²) in [5.41, 5.74) is 2.51. The number of nitrogens with one attached hydrogen (secondary N) is 2. The molecule has 0 radical (unpaired) electrons. The van der Waals surface area contributed by atoms with E-state index in [4.69, 9.17) is 11.6 Å². The van der Waals surface area contributed by atoms with Gasteiger partial charge in [-0.15, -0.1) is 0 Å². The van der Waals surface area contributed by atoms with Gasteiger partial charge in [-0.25, -0.2) is 0 Å². The molecule has 1 saturated heterocycles. The van der Waals surface area contributed by atoms with E-state index in [-0.39, 0.29) is 11.8 Å². The van der Waals surface area contributed by atoms with Crippen LogP contribution in [-0.2, 0) is 4.79 Å². The van der Waals surface area contributed by atoms with E-state index < -0.39 is 0 Å². The summed E-state index contributed by atoms with van der Waals surface area (Å²) in [6.45, 7) is 2.51. The standard InChI is InChI=1S/C22H26ClN3O2/c23-18-12-10-17(11-13-18)22(28)24-14-6-9-21(27)25-19-7-2-3-8-20(19)26-15-4-1-5-16-26/h2-3,7-8,10-13H,1,4-6,9,14-16H2,(H,24,28)(H,25,27). The van der Waals surface area contributed by atoms with Crippen LogP contribution in [0.25, 0.3) is 0 Å². The summed E-state index contributed by atoms with van der Waals surface area (Å²) in [6.07, 6.45) is 4.59. The zero-order chi connectivity index (χ0) is 19.8. The molecule has 148 valence electrons. The smallest absolute Gasteiger partial charge is 0.251 e. The van der Waals surface area contributed by atoms with Crippen molar-refractivity contribution in [2.75, 3.05) is 29.9 Å². The van der Waals surface area contributed by atoms with Crippen molar-refractivity contribution in [2.45, 2.75) is 32.1 Å². The second kappa shape index (κ2) is 10.1. The summed E-state index contributed by atoms with van der Waals surface area (Å²) in [6, 6.07) is 14.7. The van der Waals surface area contributed by atoms with Gasteiger partial charge in [0.05, 0.1) is 11.4 Å². The molecule has 2 amide bonds. The van der Waals surface area contributed by atoms with Crippen molar-refractivity contribution in [3.63, 3.8) is 0 Å². The largest absolute Gasteiger partial charge is 0.370 e. The van der Waals surface area contributed by atoms with Crippen LogP contribution < -0.4 is 15.5 Å². The van der Waals surface area contributed by atoms with E-state index in [1.165, 1.54) is 19.3 Å². The van der Waals surface area contributed by atoms with Crippen molar-refractivity contribution >= 4 is 34.8 Å². The molecule has 1 aliphatic heterocycles. The lowest BCUT2D eigenvalue weighted by molar-refractivity contribution is -0.116. The highest BCUT2D eigenvalue weighted by atomic mass is 35.5. The van der Waals surface area contributed by atoms with Crippen LogP contribution >= 0.6 is 11.6 Å². The average Bonchev–Trinajstić information content (AvgIpc) is 2.72. The molecule has 0 aromatic heterocycles. The van der Waals surface area contributed by atoms with Crippen molar-refractivity contribution in [3.8, 4) is 0 Å². The fourth-order valence-electron chi connectivity index (χ4n) is 3.36. The van der Waals surface area contributed by atoms with Crippen LogP contribution in [0.4, 0.5) is 11.4 Å². The highest BCUT2D eigenvalue weighted by Crippen LogP contribution is 2.28. The third-order valence-corrected chi connectivity index (χ3v) is 5.10. The quantitative estimate of drug-likeness (QED) is 0.675. The zero-order valence-electron chi connectivity index (χ0n) is 15.9. The molecule has 3 rings (SSSR count). The molecule has 0 spiro atoms. The Kier molecular flexibility index (Phi) is 7.31. The Morgan fingerprint density at radius 1 is 0.964 bits per heavy atom. The number of hydrogen-bond acceptors (Lipinski definition) is 3. The van der Waals surface area contributed by atoms with E-state index in [1.807, 2.05) is 18.2 Å². The lowest BCUT2D eigenvalue weighted by atomic mass is 10.1. The molecule has 0 saturated carbocycles. The molecular formula is C22H26ClN3O2. The summed E-state index contributed by atoms with van der Waals surface area (Å²) in [7, 11) is 0. The molecule has 1 aliphatic rings. The highest BCUT2D eigenvalue weighted by molar-refractivity contribution is 6.30. The summed E-state index contributed by atoms with van der Waals surface area (Å²) < 4.78 is 0. The van der Waals surface area contributed by atoms with Gasteiger partial charge in [0.25, 0.3) is 5.91 Å². The Hall–Kier alpha value is -2.53. The van der Waals surface area contributed by atoms with E-state index in [1.54, 1.807) is 24.3 Å². The van der Waals surface area contributed by atoms with Gasteiger partial charge in [0.1, 0.15) is 0 Å². The molecule has 2 aromatic carbocycles. The van der Waals surface area contributed by atoms with Crippen LogP contribution in [0.2, 0.25) is 5.02 Å². The first-order valence-corrected chi connectivity index (χ1v) is 10.2. The summed E-state index contributed by atoms with van der Waals surface area (Å²) >= 11 is 5.83. The van der Waals surface area contributed by atoms with Crippen LogP contribution in [0.3, 0.4) is 0 Å². The second-order valence-corrected chi connectivity index (χ2v) is 7.42. The highest BCUT2D eigenvalue weighted by Gasteiger charge is 2.15. The molecule has 0 bridgehead atoms. The number of amides is 2. The number of carbonyl (C=O) groups excluding carboxylic acids is 2. The number of hydrogen-bond donors (Lipinski definition) is 2. The van der Waals surface area contributed by atoms with E-state index in [9.17, 15) is 9.59 Å². The maximum atomic E-state index is 12.3. The minimum atomic E-state index is -0.160. The number of piperidine rings is 1. The van der Waals surface area contributed by atoms with E-state index >= 15 is 0 Å². The molecule has 0 aliphatic carbocycles. The van der Waals surface area contributed by atoms with Gasteiger partial charge in [0, 0.05) is 36.6 Å². The number of benzene rings is 2. The number of rotatable bonds is 7. The summed E-state index contributed by atoms with van der Waals surface area (Å²) in [5.74, 6) is -0.197. The topological polar surface area (TPSA) is 61.4 Å². The third-order valence-electron chi connectivity index (χ3n) is 4.85. The Bertz CT molecular complexity index is 802. The fraction of sp³-hybridized carbons (Fsp3) is 0.364. The van der Waals surface area contributed by atoms with Crippen LogP contribution in [0.1, 0.15) is 42.5 Å². The van der Waals surface area contributed by atoms with Crippen molar-refractivity contribution in [1.82, 2.24) is 5.32 Å². The molecule has 6 heteroatoms. The third kappa shape index (κ3) is 5.73. The molecule has 0 unspecified atom stereocenters. The average molecular weight is 400 g/mol. The van der Waals surface area contributed by atoms with Gasteiger partial charge in [-0.3, -0.25) is 9.59 Å². The number of carbonyl (C=O) groups is 2. The van der Waals surface area contributed by atoms with E-state index in [0.29, 0.717) is 30.0 Å². The molecule has 28 heavy (non-hydrogen) atoms. The maximum absolute atomic E-state index is 12.3. The Labute approximate surface area is 171 Å². The van der Waals surface area contributed by atoms with Gasteiger partial charge in [-0.1, -0.05) is 23.7 Å². The number of nitrogens with zero attached hydrogens (tertiary/aromatic N) is 1. The van der Waals surface area contributed by atoms with Crippen LogP contribution in [0.5, 0.6) is 0 Å². The molecule has 1 heterocycles. The number of anilines is 2. The molecule has 2 aromatic rings. The molecule has 0 atom stereocenters. The minimum Gasteiger partial charge on any atom is -0.370 e. The first kappa shape index (κ1) is 20.2. The van der Waals surface area contributed by atoms with Crippen molar-refractivity contribution in [2.24, 2.45) is 0 Å². The van der Waals surface area contributed by atoms with E-state index in [0.717, 1.165) is 24.5 Å².